The minimum atomic E-state index is -0.445. The smallest absolute Gasteiger partial charge is 0.338 e. The molecular weight excluding hydrogens is 320 g/mol. The van der Waals surface area contributed by atoms with Crippen molar-refractivity contribution in [3.8, 4) is 0 Å². The van der Waals surface area contributed by atoms with Gasteiger partial charge in [-0.15, -0.1) is 0 Å². The predicted molar refractivity (Wildman–Crippen MR) is 84.5 cm³/mol. The molecule has 23 heavy (non-hydrogen) atoms. The van der Waals surface area contributed by atoms with Crippen molar-refractivity contribution in [1.29, 1.82) is 0 Å². The van der Waals surface area contributed by atoms with E-state index in [4.69, 9.17) is 16.3 Å². The minimum absolute atomic E-state index is 0.0886. The van der Waals surface area contributed by atoms with E-state index in [1.807, 2.05) is 0 Å². The molecule has 8 heteroatoms. The number of ether oxygens (including phenoxy) is 1. The third-order valence-corrected chi connectivity index (χ3v) is 4.00. The Bertz CT molecular complexity index is 742. The van der Waals surface area contributed by atoms with Crippen LogP contribution in [-0.2, 0) is 18.4 Å². The maximum Gasteiger partial charge on any atom is 0.338 e. The van der Waals surface area contributed by atoms with Crippen LogP contribution >= 0.6 is 11.6 Å². The fourth-order valence-electron chi connectivity index (χ4n) is 2.27. The van der Waals surface area contributed by atoms with Crippen LogP contribution in [0.2, 0.25) is 5.28 Å². The zero-order chi connectivity index (χ0) is 16.4. The second-order valence-corrected chi connectivity index (χ2v) is 5.42. The number of carbonyl (C=O) groups is 2. The van der Waals surface area contributed by atoms with Crippen molar-refractivity contribution in [2.45, 2.75) is 6.61 Å². The van der Waals surface area contributed by atoms with E-state index in [1.165, 1.54) is 0 Å². The van der Waals surface area contributed by atoms with Gasteiger partial charge in [-0.1, -0.05) is 0 Å². The zero-order valence-electron chi connectivity index (χ0n) is 12.5. The highest BCUT2D eigenvalue weighted by Crippen LogP contribution is 2.18. The number of amides is 2. The highest BCUT2D eigenvalue weighted by Gasteiger charge is 2.21. The molecule has 2 amide bonds. The number of imidazole rings is 1. The molecule has 2 aromatic rings. The number of benzene rings is 1. The largest absolute Gasteiger partial charge is 0.456 e. The Morgan fingerprint density at radius 3 is 2.70 bits per heavy atom. The molecule has 0 aliphatic carbocycles. The third-order valence-electron chi connectivity index (χ3n) is 3.65. The topological polar surface area (TPSA) is 76.5 Å². The lowest BCUT2D eigenvalue weighted by Crippen LogP contribution is -2.27. The summed E-state index contributed by atoms with van der Waals surface area (Å²) in [7, 11) is 1.74. The first-order chi connectivity index (χ1) is 11.1. The van der Waals surface area contributed by atoms with E-state index in [0.717, 1.165) is 5.69 Å². The molecule has 7 nitrogen and oxygen atoms in total. The van der Waals surface area contributed by atoms with Crippen LogP contribution in [0.4, 0.5) is 10.5 Å². The van der Waals surface area contributed by atoms with Gasteiger partial charge in [0.1, 0.15) is 6.61 Å². The van der Waals surface area contributed by atoms with E-state index in [0.29, 0.717) is 29.6 Å². The number of urea groups is 1. The molecule has 0 radical (unpaired) electrons. The number of nitrogens with one attached hydrogen (secondary N) is 1. The van der Waals surface area contributed by atoms with Crippen LogP contribution in [-0.4, -0.2) is 34.6 Å². The Balaban J connectivity index is 1.63. The van der Waals surface area contributed by atoms with Gasteiger partial charge in [0.15, 0.2) is 0 Å². The van der Waals surface area contributed by atoms with Crippen molar-refractivity contribution in [2.24, 2.45) is 7.05 Å². The van der Waals surface area contributed by atoms with Crippen molar-refractivity contribution in [1.82, 2.24) is 14.9 Å². The summed E-state index contributed by atoms with van der Waals surface area (Å²) in [4.78, 5) is 29.2. The zero-order valence-corrected chi connectivity index (χ0v) is 13.2. The molecule has 1 aromatic heterocycles. The molecule has 3 rings (SSSR count). The van der Waals surface area contributed by atoms with Crippen molar-refractivity contribution in [3.05, 3.63) is 47.0 Å². The lowest BCUT2D eigenvalue weighted by Gasteiger charge is -2.14. The Hall–Kier alpha value is -2.54. The van der Waals surface area contributed by atoms with Gasteiger partial charge in [-0.3, -0.25) is 4.90 Å². The number of esters is 1. The number of carbonyl (C=O) groups excluding carboxylic acids is 2. The highest BCUT2D eigenvalue weighted by molar-refractivity contribution is 6.28. The van der Waals surface area contributed by atoms with Gasteiger partial charge in [-0.05, 0) is 35.9 Å². The Kier molecular flexibility index (Phi) is 4.20. The average Bonchev–Trinajstić information content (AvgIpc) is 3.12. The minimum Gasteiger partial charge on any atom is -0.456 e. The Morgan fingerprint density at radius 2 is 2.13 bits per heavy atom. The highest BCUT2D eigenvalue weighted by atomic mass is 35.5. The molecule has 0 spiro atoms. The molecule has 1 saturated heterocycles. The lowest BCUT2D eigenvalue weighted by atomic mass is 10.2. The van der Waals surface area contributed by atoms with E-state index in [9.17, 15) is 9.59 Å². The average molecular weight is 335 g/mol. The van der Waals surface area contributed by atoms with Crippen LogP contribution in [0, 0.1) is 0 Å². The molecule has 2 heterocycles. The molecular formula is C15H15ClN4O3. The van der Waals surface area contributed by atoms with Crippen molar-refractivity contribution >= 4 is 29.3 Å². The predicted octanol–water partition coefficient (Wildman–Crippen LogP) is 1.96. The molecule has 0 saturated carbocycles. The normalized spacial score (nSPS) is 14.0. The van der Waals surface area contributed by atoms with Gasteiger partial charge in [0.05, 0.1) is 17.5 Å². The summed E-state index contributed by atoms with van der Waals surface area (Å²) in [5.41, 5.74) is 1.87. The molecule has 1 fully saturated rings. The second-order valence-electron chi connectivity index (χ2n) is 5.08. The van der Waals surface area contributed by atoms with Gasteiger partial charge in [0.2, 0.25) is 5.28 Å². The molecule has 0 atom stereocenters. The van der Waals surface area contributed by atoms with Crippen molar-refractivity contribution in [3.63, 3.8) is 0 Å². The summed E-state index contributed by atoms with van der Waals surface area (Å²) in [5, 5.41) is 3.06. The monoisotopic (exact) mass is 334 g/mol. The summed E-state index contributed by atoms with van der Waals surface area (Å²) in [5.74, 6) is -0.445. The van der Waals surface area contributed by atoms with E-state index >= 15 is 0 Å². The SMILES string of the molecule is Cn1c(COC(=O)c2ccc(N3CCNC3=O)cc2)cnc1Cl. The Morgan fingerprint density at radius 1 is 1.39 bits per heavy atom. The summed E-state index contributed by atoms with van der Waals surface area (Å²) in [6, 6.07) is 6.59. The number of anilines is 1. The number of halogens is 1. The van der Waals surface area contributed by atoms with Gasteiger partial charge >= 0.3 is 12.0 Å². The van der Waals surface area contributed by atoms with E-state index in [1.54, 1.807) is 47.0 Å². The molecule has 120 valence electrons. The summed E-state index contributed by atoms with van der Waals surface area (Å²) < 4.78 is 6.89. The molecule has 0 bridgehead atoms. The van der Waals surface area contributed by atoms with Crippen LogP contribution in [0.3, 0.4) is 0 Å². The van der Waals surface area contributed by atoms with Gasteiger partial charge in [-0.2, -0.15) is 0 Å². The van der Waals surface area contributed by atoms with Crippen LogP contribution in [0.25, 0.3) is 0 Å². The maximum absolute atomic E-state index is 12.1. The number of rotatable bonds is 4. The first-order valence-corrected chi connectivity index (χ1v) is 7.42. The number of nitrogens with zero attached hydrogens (tertiary/aromatic N) is 3. The fraction of sp³-hybridized carbons (Fsp3) is 0.267. The van der Waals surface area contributed by atoms with E-state index in [-0.39, 0.29) is 12.6 Å². The van der Waals surface area contributed by atoms with Crippen LogP contribution < -0.4 is 10.2 Å². The van der Waals surface area contributed by atoms with Gasteiger partial charge in [0.25, 0.3) is 0 Å². The van der Waals surface area contributed by atoms with Crippen LogP contribution in [0.15, 0.2) is 30.5 Å². The summed E-state index contributed by atoms with van der Waals surface area (Å²) in [6.07, 6.45) is 1.56. The molecule has 1 N–H and O–H groups in total. The second kappa shape index (κ2) is 6.29. The molecule has 0 unspecified atom stereocenters. The fourth-order valence-corrected chi connectivity index (χ4v) is 2.43. The first kappa shape index (κ1) is 15.4. The van der Waals surface area contributed by atoms with Crippen molar-refractivity contribution < 1.29 is 14.3 Å². The molecule has 1 aromatic carbocycles. The third kappa shape index (κ3) is 3.14. The summed E-state index contributed by atoms with van der Waals surface area (Å²) >= 11 is 5.83. The van der Waals surface area contributed by atoms with Crippen LogP contribution in [0.1, 0.15) is 16.1 Å². The van der Waals surface area contributed by atoms with Gasteiger partial charge in [0, 0.05) is 25.8 Å². The van der Waals surface area contributed by atoms with E-state index < -0.39 is 5.97 Å². The van der Waals surface area contributed by atoms with Gasteiger partial charge < -0.3 is 14.6 Å². The van der Waals surface area contributed by atoms with Crippen molar-refractivity contribution in [2.75, 3.05) is 18.0 Å². The lowest BCUT2D eigenvalue weighted by molar-refractivity contribution is 0.0464. The standard InChI is InChI=1S/C15H15ClN4O3/c1-19-12(8-18-14(19)16)9-23-13(21)10-2-4-11(5-3-10)20-7-6-17-15(20)22/h2-5,8H,6-7,9H2,1H3,(H,17,22). The number of hydrogen-bond donors (Lipinski definition) is 1. The molecule has 1 aliphatic heterocycles. The summed E-state index contributed by atoms with van der Waals surface area (Å²) in [6.45, 7) is 1.32. The van der Waals surface area contributed by atoms with E-state index in [2.05, 4.69) is 10.3 Å². The van der Waals surface area contributed by atoms with Gasteiger partial charge in [-0.25, -0.2) is 14.6 Å². The number of hydrogen-bond acceptors (Lipinski definition) is 4. The first-order valence-electron chi connectivity index (χ1n) is 7.05. The Labute approximate surface area is 137 Å². The maximum atomic E-state index is 12.1. The number of aromatic nitrogens is 2. The van der Waals surface area contributed by atoms with Crippen LogP contribution in [0.5, 0.6) is 0 Å². The quantitative estimate of drug-likeness (QED) is 0.867. The molecule has 1 aliphatic rings.